The second-order valence-corrected chi connectivity index (χ2v) is 7.18. The van der Waals surface area contributed by atoms with Crippen molar-refractivity contribution in [2.75, 3.05) is 6.26 Å². The minimum atomic E-state index is 0.747. The highest BCUT2D eigenvalue weighted by Crippen LogP contribution is 2.27. The fourth-order valence-electron chi connectivity index (χ4n) is 3.50. The predicted molar refractivity (Wildman–Crippen MR) is 84.9 cm³/mol. The smallest absolute Gasteiger partial charge is 0.0208 e. The van der Waals surface area contributed by atoms with Crippen LogP contribution in [-0.2, 0) is 19.4 Å². The third kappa shape index (κ3) is 3.35. The lowest BCUT2D eigenvalue weighted by Gasteiger charge is -2.28. The average Bonchev–Trinajstić information content (AvgIpc) is 2.93. The van der Waals surface area contributed by atoms with Crippen LogP contribution in [-0.4, -0.2) is 17.5 Å². The van der Waals surface area contributed by atoms with Gasteiger partial charge in [-0.05, 0) is 67.9 Å². The number of benzene rings is 1. The number of aryl methyl sites for hydroxylation is 2. The molecule has 1 nitrogen and oxygen atoms in total. The van der Waals surface area contributed by atoms with Gasteiger partial charge in [-0.3, -0.25) is 0 Å². The summed E-state index contributed by atoms with van der Waals surface area (Å²) >= 11 is 2.05. The average molecular weight is 275 g/mol. The monoisotopic (exact) mass is 275 g/mol. The summed E-state index contributed by atoms with van der Waals surface area (Å²) in [6, 6.07) is 7.86. The summed E-state index contributed by atoms with van der Waals surface area (Å²) in [5.74, 6) is 0. The molecule has 0 spiro atoms. The summed E-state index contributed by atoms with van der Waals surface area (Å²) in [7, 11) is 0. The molecule has 1 aromatic carbocycles. The molecule has 104 valence electrons. The van der Waals surface area contributed by atoms with Crippen molar-refractivity contribution in [3.8, 4) is 0 Å². The molecule has 19 heavy (non-hydrogen) atoms. The molecule has 0 atom stereocenters. The van der Waals surface area contributed by atoms with E-state index in [1.54, 1.807) is 11.1 Å². The van der Waals surface area contributed by atoms with E-state index in [2.05, 4.69) is 29.8 Å². The lowest BCUT2D eigenvalue weighted by Crippen LogP contribution is -2.33. The van der Waals surface area contributed by atoms with E-state index in [9.17, 15) is 0 Å². The Labute approximate surface area is 121 Å². The van der Waals surface area contributed by atoms with Gasteiger partial charge >= 0.3 is 0 Å². The molecule has 2 aliphatic rings. The van der Waals surface area contributed by atoms with Gasteiger partial charge in [-0.2, -0.15) is 11.8 Å². The second-order valence-electron chi connectivity index (χ2n) is 6.05. The predicted octanol–water partition coefficient (Wildman–Crippen LogP) is 3.94. The summed E-state index contributed by atoms with van der Waals surface area (Å²) in [5, 5.41) is 4.68. The Bertz CT molecular complexity index is 421. The lowest BCUT2D eigenvalue weighted by molar-refractivity contribution is 0.379. The molecule has 1 fully saturated rings. The van der Waals surface area contributed by atoms with Crippen molar-refractivity contribution >= 4 is 11.8 Å². The Morgan fingerprint density at radius 2 is 1.89 bits per heavy atom. The Hall–Kier alpha value is -0.470. The Kier molecular flexibility index (Phi) is 4.49. The normalized spacial score (nSPS) is 26.4. The van der Waals surface area contributed by atoms with Crippen LogP contribution in [0, 0.1) is 0 Å². The second kappa shape index (κ2) is 6.32. The third-order valence-corrected chi connectivity index (χ3v) is 5.90. The number of thioether (sulfide) groups is 1. The first-order valence-corrected chi connectivity index (χ1v) is 9.01. The minimum absolute atomic E-state index is 0.747. The summed E-state index contributed by atoms with van der Waals surface area (Å²) in [4.78, 5) is 0. The molecule has 1 aromatic rings. The zero-order valence-electron chi connectivity index (χ0n) is 12.0. The number of fused-ring (bicyclic) bond motifs is 1. The summed E-state index contributed by atoms with van der Waals surface area (Å²) in [6.45, 7) is 1.06. The Balaban J connectivity index is 1.50. The maximum absolute atomic E-state index is 3.76. The molecule has 0 aliphatic heterocycles. The van der Waals surface area contributed by atoms with Gasteiger partial charge < -0.3 is 5.32 Å². The Morgan fingerprint density at radius 1 is 1.11 bits per heavy atom. The van der Waals surface area contributed by atoms with Crippen molar-refractivity contribution in [2.24, 2.45) is 0 Å². The van der Waals surface area contributed by atoms with E-state index in [1.807, 2.05) is 11.8 Å². The van der Waals surface area contributed by atoms with E-state index in [0.717, 1.165) is 17.8 Å². The molecule has 0 radical (unpaired) electrons. The van der Waals surface area contributed by atoms with Gasteiger partial charge in [-0.15, -0.1) is 0 Å². The highest BCUT2D eigenvalue weighted by molar-refractivity contribution is 7.99. The van der Waals surface area contributed by atoms with E-state index in [1.165, 1.54) is 50.5 Å². The van der Waals surface area contributed by atoms with Crippen LogP contribution >= 0.6 is 11.8 Å². The van der Waals surface area contributed by atoms with Gasteiger partial charge in [0.25, 0.3) is 0 Å². The molecule has 1 saturated carbocycles. The van der Waals surface area contributed by atoms with Crippen LogP contribution in [0.3, 0.4) is 0 Å². The highest BCUT2D eigenvalue weighted by Gasteiger charge is 2.20. The van der Waals surface area contributed by atoms with Crippen molar-refractivity contribution in [1.29, 1.82) is 0 Å². The lowest BCUT2D eigenvalue weighted by atomic mass is 9.94. The topological polar surface area (TPSA) is 12.0 Å². The molecule has 0 aromatic heterocycles. The maximum Gasteiger partial charge on any atom is 0.0208 e. The van der Waals surface area contributed by atoms with E-state index < -0.39 is 0 Å². The fraction of sp³-hybridized carbons (Fsp3) is 0.647. The minimum Gasteiger partial charge on any atom is -0.310 e. The number of hydrogen-bond acceptors (Lipinski definition) is 2. The van der Waals surface area contributed by atoms with Crippen molar-refractivity contribution < 1.29 is 0 Å². The standard InChI is InChI=1S/C17H25NS/c1-19-17-9-7-16(8-10-17)18-12-13-5-6-14-3-2-4-15(14)11-13/h5-6,11,16-18H,2-4,7-10,12H2,1H3. The first kappa shape index (κ1) is 13.5. The molecular weight excluding hydrogens is 250 g/mol. The van der Waals surface area contributed by atoms with Crippen LogP contribution < -0.4 is 5.32 Å². The van der Waals surface area contributed by atoms with Gasteiger partial charge in [0.15, 0.2) is 0 Å². The summed E-state index contributed by atoms with van der Waals surface area (Å²) < 4.78 is 0. The first-order valence-electron chi connectivity index (χ1n) is 7.72. The zero-order chi connectivity index (χ0) is 13.1. The SMILES string of the molecule is CSC1CCC(NCc2ccc3c(c2)CCC3)CC1. The largest absolute Gasteiger partial charge is 0.310 e. The van der Waals surface area contributed by atoms with Gasteiger partial charge in [0, 0.05) is 17.8 Å². The Morgan fingerprint density at radius 3 is 2.68 bits per heavy atom. The molecule has 0 saturated heterocycles. The van der Waals surface area contributed by atoms with Crippen molar-refractivity contribution in [3.63, 3.8) is 0 Å². The van der Waals surface area contributed by atoms with E-state index >= 15 is 0 Å². The van der Waals surface area contributed by atoms with Crippen LogP contribution in [0.4, 0.5) is 0 Å². The maximum atomic E-state index is 3.76. The van der Waals surface area contributed by atoms with E-state index in [0.29, 0.717) is 0 Å². The first-order chi connectivity index (χ1) is 9.35. The van der Waals surface area contributed by atoms with Crippen LogP contribution in [0.2, 0.25) is 0 Å². The molecule has 0 unspecified atom stereocenters. The van der Waals surface area contributed by atoms with Crippen LogP contribution in [0.5, 0.6) is 0 Å². The molecule has 1 N–H and O–H groups in total. The van der Waals surface area contributed by atoms with Gasteiger partial charge in [0.1, 0.15) is 0 Å². The number of rotatable bonds is 4. The molecule has 2 heteroatoms. The molecule has 3 rings (SSSR count). The van der Waals surface area contributed by atoms with Crippen LogP contribution in [0.1, 0.15) is 48.8 Å². The van der Waals surface area contributed by atoms with Crippen molar-refractivity contribution in [2.45, 2.75) is 62.8 Å². The van der Waals surface area contributed by atoms with Gasteiger partial charge in [0.2, 0.25) is 0 Å². The van der Waals surface area contributed by atoms with Gasteiger partial charge in [-0.25, -0.2) is 0 Å². The summed E-state index contributed by atoms with van der Waals surface area (Å²) in [6.07, 6.45) is 11.7. The molecule has 0 heterocycles. The zero-order valence-corrected chi connectivity index (χ0v) is 12.8. The van der Waals surface area contributed by atoms with Crippen LogP contribution in [0.15, 0.2) is 18.2 Å². The molecule has 0 bridgehead atoms. The number of hydrogen-bond donors (Lipinski definition) is 1. The van der Waals surface area contributed by atoms with Crippen molar-refractivity contribution in [3.05, 3.63) is 34.9 Å². The van der Waals surface area contributed by atoms with Gasteiger partial charge in [0.05, 0.1) is 0 Å². The summed E-state index contributed by atoms with van der Waals surface area (Å²) in [5.41, 5.74) is 4.67. The van der Waals surface area contributed by atoms with E-state index in [-0.39, 0.29) is 0 Å². The molecular formula is C17H25NS. The molecule has 0 amide bonds. The quantitative estimate of drug-likeness (QED) is 0.893. The van der Waals surface area contributed by atoms with Gasteiger partial charge in [-0.1, -0.05) is 18.2 Å². The third-order valence-electron chi connectivity index (χ3n) is 4.77. The fourth-order valence-corrected chi connectivity index (χ4v) is 4.24. The number of nitrogens with one attached hydrogen (secondary N) is 1. The van der Waals surface area contributed by atoms with E-state index in [4.69, 9.17) is 0 Å². The highest BCUT2D eigenvalue weighted by atomic mass is 32.2. The van der Waals surface area contributed by atoms with Crippen LogP contribution in [0.25, 0.3) is 0 Å². The van der Waals surface area contributed by atoms with Crippen molar-refractivity contribution in [1.82, 2.24) is 5.32 Å². The molecule has 2 aliphatic carbocycles.